The quantitative estimate of drug-likeness (QED) is 0.525. The number of nitrogens with two attached hydrogens (primary N) is 1. The van der Waals surface area contributed by atoms with Gasteiger partial charge in [-0.3, -0.25) is 11.3 Å². The first-order valence-corrected chi connectivity index (χ1v) is 4.70. The third kappa shape index (κ3) is 1.42. The van der Waals surface area contributed by atoms with Gasteiger partial charge >= 0.3 is 0 Å². The molecular weight excluding hydrogens is 158 g/mol. The normalized spacial score (nSPS) is 20.1. The first-order valence-electron chi connectivity index (χ1n) is 3.76. The lowest BCUT2D eigenvalue weighted by Gasteiger charge is -2.10. The zero-order chi connectivity index (χ0) is 7.68. The number of hydrogen-bond acceptors (Lipinski definition) is 4. The lowest BCUT2D eigenvalue weighted by Crippen LogP contribution is -2.29. The van der Waals surface area contributed by atoms with Crippen LogP contribution in [-0.4, -0.2) is 4.98 Å². The van der Waals surface area contributed by atoms with E-state index in [-0.39, 0.29) is 0 Å². The van der Waals surface area contributed by atoms with Crippen LogP contribution in [0.4, 0.5) is 0 Å². The Bertz CT molecular complexity index is 218. The molecule has 11 heavy (non-hydrogen) atoms. The van der Waals surface area contributed by atoms with E-state index in [0.29, 0.717) is 6.04 Å². The SMILES string of the molecule is NNC(c1cscn1)C1CC1. The van der Waals surface area contributed by atoms with Gasteiger partial charge < -0.3 is 0 Å². The van der Waals surface area contributed by atoms with Crippen molar-refractivity contribution in [1.82, 2.24) is 10.4 Å². The van der Waals surface area contributed by atoms with E-state index in [0.717, 1.165) is 11.6 Å². The lowest BCUT2D eigenvalue weighted by molar-refractivity contribution is 0.487. The minimum atomic E-state index is 0.293. The number of thiazole rings is 1. The highest BCUT2D eigenvalue weighted by molar-refractivity contribution is 7.07. The molecule has 0 radical (unpaired) electrons. The predicted octanol–water partition coefficient (Wildman–Crippen LogP) is 1.06. The zero-order valence-corrected chi connectivity index (χ0v) is 6.97. The maximum Gasteiger partial charge on any atom is 0.0795 e. The highest BCUT2D eigenvalue weighted by Crippen LogP contribution is 2.40. The average molecular weight is 169 g/mol. The standard InChI is InChI=1S/C7H11N3S/c8-10-7(5-1-2-5)6-3-11-4-9-6/h3-5,7,10H,1-2,8H2. The summed E-state index contributed by atoms with van der Waals surface area (Å²) < 4.78 is 0. The summed E-state index contributed by atoms with van der Waals surface area (Å²) in [5, 5.41) is 2.06. The maximum atomic E-state index is 5.42. The van der Waals surface area contributed by atoms with E-state index in [4.69, 9.17) is 5.84 Å². The van der Waals surface area contributed by atoms with Gasteiger partial charge in [-0.25, -0.2) is 4.98 Å². The molecule has 1 saturated carbocycles. The minimum absolute atomic E-state index is 0.293. The van der Waals surface area contributed by atoms with E-state index in [1.165, 1.54) is 12.8 Å². The largest absolute Gasteiger partial charge is 0.271 e. The van der Waals surface area contributed by atoms with E-state index in [1.807, 2.05) is 5.51 Å². The Kier molecular flexibility index (Phi) is 1.89. The molecule has 1 unspecified atom stereocenters. The van der Waals surface area contributed by atoms with Gasteiger partial charge in [-0.1, -0.05) is 0 Å². The van der Waals surface area contributed by atoms with Gasteiger partial charge in [0.25, 0.3) is 0 Å². The third-order valence-corrected chi connectivity index (χ3v) is 2.65. The molecule has 0 spiro atoms. The van der Waals surface area contributed by atoms with Crippen LogP contribution < -0.4 is 11.3 Å². The smallest absolute Gasteiger partial charge is 0.0795 e. The van der Waals surface area contributed by atoms with E-state index >= 15 is 0 Å². The van der Waals surface area contributed by atoms with Crippen molar-refractivity contribution in [2.75, 3.05) is 0 Å². The van der Waals surface area contributed by atoms with Crippen LogP contribution in [0.2, 0.25) is 0 Å². The summed E-state index contributed by atoms with van der Waals surface area (Å²) in [6, 6.07) is 0.293. The summed E-state index contributed by atoms with van der Waals surface area (Å²) in [6.45, 7) is 0. The Balaban J connectivity index is 2.11. The van der Waals surface area contributed by atoms with Crippen molar-refractivity contribution < 1.29 is 0 Å². The second-order valence-corrected chi connectivity index (χ2v) is 3.61. The monoisotopic (exact) mass is 169 g/mol. The Morgan fingerprint density at radius 1 is 1.73 bits per heavy atom. The van der Waals surface area contributed by atoms with Crippen LogP contribution in [0.25, 0.3) is 0 Å². The van der Waals surface area contributed by atoms with Gasteiger partial charge in [-0.15, -0.1) is 11.3 Å². The molecule has 1 aromatic rings. The lowest BCUT2D eigenvalue weighted by atomic mass is 10.1. The highest BCUT2D eigenvalue weighted by Gasteiger charge is 2.32. The van der Waals surface area contributed by atoms with Gasteiger partial charge in [0.2, 0.25) is 0 Å². The zero-order valence-electron chi connectivity index (χ0n) is 6.16. The fraction of sp³-hybridized carbons (Fsp3) is 0.571. The van der Waals surface area contributed by atoms with Gasteiger partial charge in [0, 0.05) is 5.38 Å². The molecule has 3 N–H and O–H groups in total. The second kappa shape index (κ2) is 2.89. The van der Waals surface area contributed by atoms with Crippen LogP contribution in [-0.2, 0) is 0 Å². The van der Waals surface area contributed by atoms with E-state index in [1.54, 1.807) is 11.3 Å². The van der Waals surface area contributed by atoms with Crippen molar-refractivity contribution in [2.24, 2.45) is 11.8 Å². The van der Waals surface area contributed by atoms with Crippen molar-refractivity contribution in [2.45, 2.75) is 18.9 Å². The Morgan fingerprint density at radius 2 is 2.55 bits per heavy atom. The molecule has 0 aliphatic heterocycles. The van der Waals surface area contributed by atoms with Gasteiger partial charge in [0.05, 0.1) is 17.2 Å². The summed E-state index contributed by atoms with van der Waals surface area (Å²) in [4.78, 5) is 4.22. The first-order chi connectivity index (χ1) is 5.42. The van der Waals surface area contributed by atoms with Crippen LogP contribution >= 0.6 is 11.3 Å². The fourth-order valence-corrected chi connectivity index (χ4v) is 1.86. The predicted molar refractivity (Wildman–Crippen MR) is 44.9 cm³/mol. The molecule has 1 atom stereocenters. The third-order valence-electron chi connectivity index (χ3n) is 2.04. The molecule has 1 aromatic heterocycles. The fourth-order valence-electron chi connectivity index (χ4n) is 1.27. The molecule has 2 rings (SSSR count). The summed E-state index contributed by atoms with van der Waals surface area (Å²) in [5.41, 5.74) is 5.76. The number of aromatic nitrogens is 1. The number of hydrogen-bond donors (Lipinski definition) is 2. The summed E-state index contributed by atoms with van der Waals surface area (Å²) in [5.74, 6) is 6.14. The van der Waals surface area contributed by atoms with Gasteiger partial charge in [0.15, 0.2) is 0 Å². The first kappa shape index (κ1) is 7.21. The average Bonchev–Trinajstić information content (AvgIpc) is 2.68. The number of nitrogens with one attached hydrogen (secondary N) is 1. The van der Waals surface area contributed by atoms with Crippen molar-refractivity contribution in [3.8, 4) is 0 Å². The molecule has 0 saturated heterocycles. The summed E-state index contributed by atoms with van der Waals surface area (Å²) >= 11 is 1.62. The molecular formula is C7H11N3S. The van der Waals surface area contributed by atoms with Crippen LogP contribution in [0, 0.1) is 5.92 Å². The van der Waals surface area contributed by atoms with Crippen LogP contribution in [0.1, 0.15) is 24.6 Å². The summed E-state index contributed by atoms with van der Waals surface area (Å²) in [7, 11) is 0. The van der Waals surface area contributed by atoms with Crippen LogP contribution in [0.5, 0.6) is 0 Å². The number of rotatable bonds is 3. The van der Waals surface area contributed by atoms with Crippen molar-refractivity contribution in [3.63, 3.8) is 0 Å². The van der Waals surface area contributed by atoms with Crippen molar-refractivity contribution in [1.29, 1.82) is 0 Å². The maximum absolute atomic E-state index is 5.42. The Morgan fingerprint density at radius 3 is 3.00 bits per heavy atom. The number of hydrazine groups is 1. The molecule has 0 bridgehead atoms. The second-order valence-electron chi connectivity index (χ2n) is 2.90. The minimum Gasteiger partial charge on any atom is -0.271 e. The van der Waals surface area contributed by atoms with E-state index < -0.39 is 0 Å². The molecule has 1 aliphatic rings. The molecule has 0 amide bonds. The van der Waals surface area contributed by atoms with Crippen molar-refractivity contribution >= 4 is 11.3 Å². The summed E-state index contributed by atoms with van der Waals surface area (Å²) in [6.07, 6.45) is 2.57. The topological polar surface area (TPSA) is 50.9 Å². The van der Waals surface area contributed by atoms with Crippen LogP contribution in [0.3, 0.4) is 0 Å². The molecule has 1 aliphatic carbocycles. The molecule has 4 heteroatoms. The Labute approximate surface area is 69.6 Å². The molecule has 1 fully saturated rings. The van der Waals surface area contributed by atoms with Crippen molar-refractivity contribution in [3.05, 3.63) is 16.6 Å². The number of nitrogens with zero attached hydrogens (tertiary/aromatic N) is 1. The molecule has 3 nitrogen and oxygen atoms in total. The molecule has 0 aromatic carbocycles. The van der Waals surface area contributed by atoms with Gasteiger partial charge in [0.1, 0.15) is 0 Å². The van der Waals surface area contributed by atoms with Gasteiger partial charge in [-0.2, -0.15) is 0 Å². The van der Waals surface area contributed by atoms with E-state index in [9.17, 15) is 0 Å². The Hall–Kier alpha value is -0.450. The highest BCUT2D eigenvalue weighted by atomic mass is 32.1. The van der Waals surface area contributed by atoms with Gasteiger partial charge in [-0.05, 0) is 18.8 Å². The van der Waals surface area contributed by atoms with Crippen LogP contribution in [0.15, 0.2) is 10.9 Å². The molecule has 60 valence electrons. The molecule has 1 heterocycles. The van der Waals surface area contributed by atoms with E-state index in [2.05, 4.69) is 15.8 Å².